The Morgan fingerprint density at radius 2 is 2.06 bits per heavy atom. The molecule has 0 aliphatic heterocycles. The first-order valence-electron chi connectivity index (χ1n) is 5.00. The lowest BCUT2D eigenvalue weighted by Crippen LogP contribution is -2.17. The van der Waals surface area contributed by atoms with Gasteiger partial charge in [-0.25, -0.2) is 0 Å². The van der Waals surface area contributed by atoms with E-state index in [1.165, 1.54) is 0 Å². The maximum absolute atomic E-state index is 12.0. The molecule has 0 amide bonds. The van der Waals surface area contributed by atoms with Crippen LogP contribution >= 0.6 is 12.2 Å². The topological polar surface area (TPSA) is 38.0 Å². The van der Waals surface area contributed by atoms with E-state index >= 15 is 0 Å². The molecule has 94 valence electrons. The van der Waals surface area contributed by atoms with E-state index in [-0.39, 0.29) is 11.5 Å². The number of benzene rings is 1. The van der Waals surface area contributed by atoms with Gasteiger partial charge in [-0.05, 0) is 19.1 Å². The predicted molar refractivity (Wildman–Crippen MR) is 66.2 cm³/mol. The summed E-state index contributed by atoms with van der Waals surface area (Å²) in [5, 5.41) is 2.69. The molecule has 0 saturated heterocycles. The number of nitrogens with one attached hydrogen (secondary N) is 1. The predicted octanol–water partition coefficient (Wildman–Crippen LogP) is 2.99. The van der Waals surface area contributed by atoms with Crippen molar-refractivity contribution < 1.29 is 13.2 Å². The van der Waals surface area contributed by atoms with E-state index in [2.05, 4.69) is 5.32 Å². The van der Waals surface area contributed by atoms with Gasteiger partial charge in [-0.1, -0.05) is 23.8 Å². The summed E-state index contributed by atoms with van der Waals surface area (Å²) in [7, 11) is 0. The minimum absolute atomic E-state index is 0.170. The molecule has 1 aromatic carbocycles. The van der Waals surface area contributed by atoms with Crippen LogP contribution in [0.2, 0.25) is 0 Å². The molecule has 0 saturated carbocycles. The van der Waals surface area contributed by atoms with Crippen LogP contribution in [0.4, 0.5) is 18.9 Å². The molecule has 17 heavy (non-hydrogen) atoms. The van der Waals surface area contributed by atoms with E-state index in [0.29, 0.717) is 11.3 Å². The quantitative estimate of drug-likeness (QED) is 0.819. The normalized spacial score (nSPS) is 11.3. The third-order valence-corrected chi connectivity index (χ3v) is 2.38. The number of hydrogen-bond acceptors (Lipinski definition) is 2. The van der Waals surface area contributed by atoms with E-state index in [1.54, 1.807) is 18.2 Å². The summed E-state index contributed by atoms with van der Waals surface area (Å²) in [4.78, 5) is 0.170. The molecule has 0 heterocycles. The number of hydrogen-bond donors (Lipinski definition) is 2. The second-order valence-electron chi connectivity index (χ2n) is 3.71. The Bertz CT molecular complexity index is 416. The number of thiocarbonyl (C=S) groups is 1. The first kappa shape index (κ1) is 13.8. The fraction of sp³-hybridized carbons (Fsp3) is 0.364. The molecule has 0 unspecified atom stereocenters. The summed E-state index contributed by atoms with van der Waals surface area (Å²) in [5.41, 5.74) is 7.57. The monoisotopic (exact) mass is 262 g/mol. The third-order valence-electron chi connectivity index (χ3n) is 2.16. The van der Waals surface area contributed by atoms with Crippen molar-refractivity contribution >= 4 is 22.9 Å². The summed E-state index contributed by atoms with van der Waals surface area (Å²) in [6, 6.07) is 5.22. The molecule has 0 spiro atoms. The largest absolute Gasteiger partial charge is 0.390 e. The molecule has 3 N–H and O–H groups in total. The Morgan fingerprint density at radius 1 is 1.41 bits per heavy atom. The maximum atomic E-state index is 12.0. The van der Waals surface area contributed by atoms with Crippen molar-refractivity contribution in [3.63, 3.8) is 0 Å². The zero-order chi connectivity index (χ0) is 13.1. The molecule has 6 heteroatoms. The first-order valence-corrected chi connectivity index (χ1v) is 5.41. The second kappa shape index (κ2) is 5.35. The van der Waals surface area contributed by atoms with Gasteiger partial charge in [0.05, 0.1) is 6.42 Å². The average molecular weight is 262 g/mol. The van der Waals surface area contributed by atoms with Crippen molar-refractivity contribution in [2.24, 2.45) is 5.73 Å². The highest BCUT2D eigenvalue weighted by atomic mass is 32.1. The van der Waals surface area contributed by atoms with Gasteiger partial charge in [0.15, 0.2) is 0 Å². The summed E-state index contributed by atoms with van der Waals surface area (Å²) in [6.07, 6.45) is -5.06. The van der Waals surface area contributed by atoms with Crippen LogP contribution in [0.3, 0.4) is 0 Å². The van der Waals surface area contributed by atoms with E-state index in [1.807, 2.05) is 6.92 Å². The molecule has 0 atom stereocenters. The van der Waals surface area contributed by atoms with Crippen LogP contribution in [0.25, 0.3) is 0 Å². The molecule has 0 aromatic heterocycles. The van der Waals surface area contributed by atoms with Gasteiger partial charge in [0.2, 0.25) is 0 Å². The molecule has 0 radical (unpaired) electrons. The minimum Gasteiger partial charge on any atom is -0.389 e. The van der Waals surface area contributed by atoms with Gasteiger partial charge in [0, 0.05) is 17.8 Å². The van der Waals surface area contributed by atoms with E-state index in [0.717, 1.165) is 5.56 Å². The number of halogens is 3. The lowest BCUT2D eigenvalue weighted by Gasteiger charge is -2.13. The molecule has 1 aromatic rings. The van der Waals surface area contributed by atoms with Crippen LogP contribution in [0, 0.1) is 6.92 Å². The minimum atomic E-state index is -4.17. The van der Waals surface area contributed by atoms with E-state index < -0.39 is 12.6 Å². The van der Waals surface area contributed by atoms with Gasteiger partial charge >= 0.3 is 6.18 Å². The zero-order valence-electron chi connectivity index (χ0n) is 9.27. The Kier molecular flexibility index (Phi) is 4.34. The first-order chi connectivity index (χ1) is 7.79. The number of anilines is 1. The zero-order valence-corrected chi connectivity index (χ0v) is 10.1. The molecular weight excluding hydrogens is 249 g/mol. The van der Waals surface area contributed by atoms with Crippen LogP contribution in [-0.2, 0) is 0 Å². The number of rotatable bonds is 4. The van der Waals surface area contributed by atoms with Crippen LogP contribution in [0.15, 0.2) is 18.2 Å². The Balaban J connectivity index is 2.74. The molecule has 1 rings (SSSR count). The SMILES string of the molecule is Cc1ccc(NCCC(F)(F)F)c(C(N)=S)c1. The van der Waals surface area contributed by atoms with Crippen LogP contribution in [-0.4, -0.2) is 17.7 Å². The number of nitrogens with two attached hydrogens (primary N) is 1. The fourth-order valence-corrected chi connectivity index (χ4v) is 1.52. The van der Waals surface area contributed by atoms with Crippen molar-refractivity contribution in [1.82, 2.24) is 0 Å². The van der Waals surface area contributed by atoms with E-state index in [4.69, 9.17) is 18.0 Å². The summed E-state index contributed by atoms with van der Waals surface area (Å²) < 4.78 is 36.0. The van der Waals surface area contributed by atoms with Gasteiger partial charge in [-0.3, -0.25) is 0 Å². The van der Waals surface area contributed by atoms with Crippen molar-refractivity contribution in [1.29, 1.82) is 0 Å². The van der Waals surface area contributed by atoms with Gasteiger partial charge in [-0.15, -0.1) is 0 Å². The summed E-state index contributed by atoms with van der Waals surface area (Å²) >= 11 is 4.85. The maximum Gasteiger partial charge on any atom is 0.390 e. The van der Waals surface area contributed by atoms with Gasteiger partial charge < -0.3 is 11.1 Å². The summed E-state index contributed by atoms with van der Waals surface area (Å²) in [6.45, 7) is 1.67. The van der Waals surface area contributed by atoms with E-state index in [9.17, 15) is 13.2 Å². The van der Waals surface area contributed by atoms with Crippen LogP contribution in [0.1, 0.15) is 17.5 Å². The number of aryl methyl sites for hydroxylation is 1. The Hall–Kier alpha value is -1.30. The van der Waals surface area contributed by atoms with Crippen LogP contribution < -0.4 is 11.1 Å². The Morgan fingerprint density at radius 3 is 2.59 bits per heavy atom. The van der Waals surface area contributed by atoms with Crippen molar-refractivity contribution in [3.05, 3.63) is 29.3 Å². The summed E-state index contributed by atoms with van der Waals surface area (Å²) in [5.74, 6) is 0. The van der Waals surface area contributed by atoms with Crippen molar-refractivity contribution in [2.45, 2.75) is 19.5 Å². The highest BCUT2D eigenvalue weighted by Crippen LogP contribution is 2.21. The highest BCUT2D eigenvalue weighted by Gasteiger charge is 2.26. The highest BCUT2D eigenvalue weighted by molar-refractivity contribution is 7.80. The lowest BCUT2D eigenvalue weighted by atomic mass is 10.1. The smallest absolute Gasteiger partial charge is 0.389 e. The Labute approximate surface area is 103 Å². The van der Waals surface area contributed by atoms with Gasteiger partial charge in [-0.2, -0.15) is 13.2 Å². The van der Waals surface area contributed by atoms with Crippen molar-refractivity contribution in [3.8, 4) is 0 Å². The van der Waals surface area contributed by atoms with Gasteiger partial charge in [0.1, 0.15) is 4.99 Å². The van der Waals surface area contributed by atoms with Crippen LogP contribution in [0.5, 0.6) is 0 Å². The average Bonchev–Trinajstić information content (AvgIpc) is 2.18. The molecular formula is C11H13F3N2S. The lowest BCUT2D eigenvalue weighted by molar-refractivity contribution is -0.131. The molecule has 2 nitrogen and oxygen atoms in total. The second-order valence-corrected chi connectivity index (χ2v) is 4.15. The molecule has 0 aliphatic carbocycles. The van der Waals surface area contributed by atoms with Crippen molar-refractivity contribution in [2.75, 3.05) is 11.9 Å². The molecule has 0 bridgehead atoms. The number of alkyl halides is 3. The standard InChI is InChI=1S/C11H13F3N2S/c1-7-2-3-9(8(6-7)10(15)17)16-5-4-11(12,13)14/h2-3,6,16H,4-5H2,1H3,(H2,15,17). The van der Waals surface area contributed by atoms with Gasteiger partial charge in [0.25, 0.3) is 0 Å². The third kappa shape index (κ3) is 4.60. The molecule has 0 fully saturated rings. The fourth-order valence-electron chi connectivity index (χ4n) is 1.36. The molecule has 0 aliphatic rings.